The molecule has 0 aliphatic rings. The van der Waals surface area contributed by atoms with Gasteiger partial charge in [-0.05, 0) is 25.0 Å². The van der Waals surface area contributed by atoms with Gasteiger partial charge in [0, 0.05) is 0 Å². The summed E-state index contributed by atoms with van der Waals surface area (Å²) in [6.07, 6.45) is 11.6. The molecular formula is C12H16. The smallest absolute Gasteiger partial charge is 0.0299 e. The van der Waals surface area contributed by atoms with E-state index in [4.69, 9.17) is 0 Å². The highest BCUT2D eigenvalue weighted by Gasteiger charge is 1.87. The summed E-state index contributed by atoms with van der Waals surface area (Å²) < 4.78 is 0. The van der Waals surface area contributed by atoms with Crippen molar-refractivity contribution in [2.75, 3.05) is 0 Å². The van der Waals surface area contributed by atoms with Crippen molar-refractivity contribution >= 4 is 0 Å². The minimum atomic E-state index is 1.02. The molecule has 0 aromatic carbocycles. The Morgan fingerprint density at radius 2 is 1.92 bits per heavy atom. The largest absolute Gasteiger partial charge is 0.0991 e. The van der Waals surface area contributed by atoms with Gasteiger partial charge in [-0.15, -0.1) is 0 Å². The summed E-state index contributed by atoms with van der Waals surface area (Å²) in [6.45, 7) is 11.5. The minimum absolute atomic E-state index is 1.02. The molecule has 0 aliphatic carbocycles. The molecule has 0 heteroatoms. The molecule has 0 aromatic heterocycles. The summed E-state index contributed by atoms with van der Waals surface area (Å²) in [6, 6.07) is 0. The lowest BCUT2D eigenvalue weighted by Gasteiger charge is -1.96. The lowest BCUT2D eigenvalue weighted by Crippen LogP contribution is -1.76. The molecule has 0 spiro atoms. The zero-order valence-corrected chi connectivity index (χ0v) is 7.88. The molecule has 0 bridgehead atoms. The van der Waals surface area contributed by atoms with E-state index < -0.39 is 0 Å². The van der Waals surface area contributed by atoms with Crippen LogP contribution in [0.4, 0.5) is 0 Å². The van der Waals surface area contributed by atoms with Crippen molar-refractivity contribution in [1.82, 2.24) is 0 Å². The van der Waals surface area contributed by atoms with Crippen LogP contribution < -0.4 is 0 Å². The predicted octanol–water partition coefficient (Wildman–Crippen LogP) is 3.81. The summed E-state index contributed by atoms with van der Waals surface area (Å²) in [5, 5.41) is 0. The molecule has 0 atom stereocenters. The van der Waals surface area contributed by atoms with Crippen molar-refractivity contribution in [2.45, 2.75) is 13.8 Å². The van der Waals surface area contributed by atoms with Gasteiger partial charge < -0.3 is 0 Å². The average Bonchev–Trinajstić information content (AvgIpc) is 2.05. The van der Waals surface area contributed by atoms with Crippen molar-refractivity contribution in [3.63, 3.8) is 0 Å². The maximum absolute atomic E-state index is 3.91. The van der Waals surface area contributed by atoms with Crippen molar-refractivity contribution in [1.29, 1.82) is 0 Å². The van der Waals surface area contributed by atoms with E-state index in [0.29, 0.717) is 0 Å². The first kappa shape index (κ1) is 10.7. The molecule has 0 aromatic rings. The van der Waals surface area contributed by atoms with Crippen LogP contribution in [-0.4, -0.2) is 0 Å². The van der Waals surface area contributed by atoms with Crippen molar-refractivity contribution in [3.8, 4) is 0 Å². The van der Waals surface area contributed by atoms with E-state index in [1.165, 1.54) is 0 Å². The Morgan fingerprint density at radius 1 is 1.25 bits per heavy atom. The number of allylic oxidation sites excluding steroid dienone is 8. The third-order valence-corrected chi connectivity index (χ3v) is 1.48. The van der Waals surface area contributed by atoms with Gasteiger partial charge in [-0.2, -0.15) is 0 Å². The van der Waals surface area contributed by atoms with Crippen LogP contribution in [0.5, 0.6) is 0 Å². The van der Waals surface area contributed by atoms with Gasteiger partial charge in [0.15, 0.2) is 0 Å². The topological polar surface area (TPSA) is 0 Å². The van der Waals surface area contributed by atoms with Crippen LogP contribution >= 0.6 is 0 Å². The van der Waals surface area contributed by atoms with Crippen LogP contribution in [0.1, 0.15) is 13.8 Å². The summed E-state index contributed by atoms with van der Waals surface area (Å²) in [4.78, 5) is 0. The van der Waals surface area contributed by atoms with Gasteiger partial charge in [0.1, 0.15) is 0 Å². The fourth-order valence-electron chi connectivity index (χ4n) is 0.698. The zero-order chi connectivity index (χ0) is 9.40. The highest BCUT2D eigenvalue weighted by Crippen LogP contribution is 2.07. The first-order valence-electron chi connectivity index (χ1n) is 4.00. The molecule has 0 unspecified atom stereocenters. The Labute approximate surface area is 75.3 Å². The molecular weight excluding hydrogens is 144 g/mol. The maximum atomic E-state index is 3.91. The Bertz CT molecular complexity index is 237. The van der Waals surface area contributed by atoms with E-state index >= 15 is 0 Å². The molecule has 0 N–H and O–H groups in total. The second-order valence-electron chi connectivity index (χ2n) is 2.50. The fraction of sp³-hybridized carbons (Fsp3) is 0.167. The number of hydrogen-bond acceptors (Lipinski definition) is 0. The summed E-state index contributed by atoms with van der Waals surface area (Å²) in [7, 11) is 0. The highest BCUT2D eigenvalue weighted by molar-refractivity contribution is 5.38. The first-order valence-corrected chi connectivity index (χ1v) is 4.00. The van der Waals surface area contributed by atoms with Crippen LogP contribution in [0.15, 0.2) is 60.8 Å². The Morgan fingerprint density at radius 3 is 2.42 bits per heavy atom. The molecule has 0 saturated carbocycles. The third-order valence-electron chi connectivity index (χ3n) is 1.48. The van der Waals surface area contributed by atoms with Gasteiger partial charge in [0.25, 0.3) is 0 Å². The molecule has 0 rings (SSSR count). The molecule has 0 fully saturated rings. The van der Waals surface area contributed by atoms with Crippen molar-refractivity contribution in [2.24, 2.45) is 0 Å². The molecule has 0 aliphatic heterocycles. The number of rotatable bonds is 4. The molecule has 0 nitrogen and oxygen atoms in total. The summed E-state index contributed by atoms with van der Waals surface area (Å²) in [5.41, 5.74) is 2.17. The lowest BCUT2D eigenvalue weighted by atomic mass is 10.1. The molecule has 0 saturated heterocycles. The van der Waals surface area contributed by atoms with Crippen molar-refractivity contribution in [3.05, 3.63) is 60.8 Å². The molecule has 0 radical (unpaired) electrons. The van der Waals surface area contributed by atoms with Crippen LogP contribution in [0.2, 0.25) is 0 Å². The second kappa shape index (κ2) is 6.41. The third kappa shape index (κ3) is 4.51. The first-order chi connectivity index (χ1) is 5.72. The minimum Gasteiger partial charge on any atom is -0.0991 e. The van der Waals surface area contributed by atoms with Gasteiger partial charge in [-0.1, -0.05) is 49.6 Å². The predicted molar refractivity (Wildman–Crippen MR) is 57.0 cm³/mol. The molecule has 64 valence electrons. The second-order valence-corrected chi connectivity index (χ2v) is 2.50. The maximum Gasteiger partial charge on any atom is -0.0299 e. The van der Waals surface area contributed by atoms with Crippen LogP contribution in [-0.2, 0) is 0 Å². The fourth-order valence-corrected chi connectivity index (χ4v) is 0.698. The Kier molecular flexibility index (Phi) is 5.72. The van der Waals surface area contributed by atoms with Gasteiger partial charge in [0.2, 0.25) is 0 Å². The standard InChI is InChI=1S/C12H16/c1-5-7-8-10-12(4)11(3)9-6-2/h5-10H,2,4H2,1,3H3/b7-5-,10-8-,11-9+. The molecule has 0 heterocycles. The Balaban J connectivity index is 4.22. The van der Waals surface area contributed by atoms with Gasteiger partial charge in [-0.25, -0.2) is 0 Å². The van der Waals surface area contributed by atoms with Gasteiger partial charge >= 0.3 is 0 Å². The Hall–Kier alpha value is -1.30. The van der Waals surface area contributed by atoms with E-state index in [2.05, 4.69) is 13.2 Å². The van der Waals surface area contributed by atoms with Crippen LogP contribution in [0.3, 0.4) is 0 Å². The van der Waals surface area contributed by atoms with Crippen LogP contribution in [0.25, 0.3) is 0 Å². The average molecular weight is 160 g/mol. The van der Waals surface area contributed by atoms with Crippen LogP contribution in [0, 0.1) is 0 Å². The quantitative estimate of drug-likeness (QED) is 0.549. The zero-order valence-electron chi connectivity index (χ0n) is 7.88. The summed E-state index contributed by atoms with van der Waals surface area (Å²) >= 11 is 0. The molecule has 12 heavy (non-hydrogen) atoms. The van der Waals surface area contributed by atoms with E-state index in [0.717, 1.165) is 11.1 Å². The SMILES string of the molecule is C=C/C=C(\C)C(=C)/C=C\C=C/C. The van der Waals surface area contributed by atoms with E-state index in [-0.39, 0.29) is 0 Å². The van der Waals surface area contributed by atoms with E-state index in [9.17, 15) is 0 Å². The van der Waals surface area contributed by atoms with E-state index in [1.807, 2.05) is 44.2 Å². The van der Waals surface area contributed by atoms with Gasteiger partial charge in [0.05, 0.1) is 0 Å². The van der Waals surface area contributed by atoms with Crippen molar-refractivity contribution < 1.29 is 0 Å². The normalized spacial score (nSPS) is 12.7. The van der Waals surface area contributed by atoms with Gasteiger partial charge in [-0.3, -0.25) is 0 Å². The monoisotopic (exact) mass is 160 g/mol. The molecule has 0 amide bonds. The summed E-state index contributed by atoms with van der Waals surface area (Å²) in [5.74, 6) is 0. The number of hydrogen-bond donors (Lipinski definition) is 0. The lowest BCUT2D eigenvalue weighted by molar-refractivity contribution is 1.44. The van der Waals surface area contributed by atoms with E-state index in [1.54, 1.807) is 6.08 Å². The highest BCUT2D eigenvalue weighted by atomic mass is 13.9.